The summed E-state index contributed by atoms with van der Waals surface area (Å²) in [5.41, 5.74) is 4.28. The standard InChI is InChI=1S/C11H9F2NO.C10H8O/c12-11(13)6-14-9(7-15)5-8-3-1-2-4-10(8)14;11-7-8-5-9-3-1-2-4-10(9)6-8/h1-5,7,11H,6H2;1-5,7H,6H2. The van der Waals surface area contributed by atoms with Crippen molar-refractivity contribution in [2.75, 3.05) is 0 Å². The van der Waals surface area contributed by atoms with Crippen LogP contribution < -0.4 is 0 Å². The number of alkyl halides is 2. The van der Waals surface area contributed by atoms with Crippen molar-refractivity contribution in [1.29, 1.82) is 0 Å². The highest BCUT2D eigenvalue weighted by atomic mass is 19.3. The third-order valence-electron chi connectivity index (χ3n) is 4.23. The van der Waals surface area contributed by atoms with Gasteiger partial charge in [-0.3, -0.25) is 9.59 Å². The molecule has 3 nitrogen and oxygen atoms in total. The van der Waals surface area contributed by atoms with E-state index in [0.29, 0.717) is 11.8 Å². The Morgan fingerprint density at radius 3 is 2.42 bits per heavy atom. The highest BCUT2D eigenvalue weighted by molar-refractivity contribution is 5.89. The maximum Gasteiger partial charge on any atom is 0.256 e. The first-order valence-corrected chi connectivity index (χ1v) is 8.17. The fourth-order valence-corrected chi connectivity index (χ4v) is 3.05. The molecule has 1 aromatic heterocycles. The van der Waals surface area contributed by atoms with Gasteiger partial charge in [0.15, 0.2) is 6.29 Å². The van der Waals surface area contributed by atoms with E-state index in [1.165, 1.54) is 15.7 Å². The number of rotatable bonds is 4. The highest BCUT2D eigenvalue weighted by Gasteiger charge is 2.12. The zero-order valence-corrected chi connectivity index (χ0v) is 13.9. The Hall–Kier alpha value is -3.08. The van der Waals surface area contributed by atoms with E-state index in [2.05, 4.69) is 6.07 Å². The Morgan fingerprint density at radius 2 is 1.73 bits per heavy atom. The van der Waals surface area contributed by atoms with Crippen LogP contribution in [0.3, 0.4) is 0 Å². The molecule has 3 aromatic rings. The molecule has 0 radical (unpaired) electrons. The smallest absolute Gasteiger partial charge is 0.256 e. The highest BCUT2D eigenvalue weighted by Crippen LogP contribution is 2.23. The second kappa shape index (κ2) is 7.87. The van der Waals surface area contributed by atoms with Gasteiger partial charge < -0.3 is 4.57 Å². The summed E-state index contributed by atoms with van der Waals surface area (Å²) in [4.78, 5) is 21.1. The molecule has 0 saturated heterocycles. The van der Waals surface area contributed by atoms with Gasteiger partial charge in [-0.2, -0.15) is 0 Å². The molecule has 0 atom stereocenters. The lowest BCUT2D eigenvalue weighted by molar-refractivity contribution is -0.104. The van der Waals surface area contributed by atoms with Crippen LogP contribution in [-0.4, -0.2) is 23.6 Å². The molecule has 4 rings (SSSR count). The second-order valence-corrected chi connectivity index (χ2v) is 5.96. The van der Waals surface area contributed by atoms with Gasteiger partial charge >= 0.3 is 0 Å². The molecule has 1 aliphatic rings. The predicted molar refractivity (Wildman–Crippen MR) is 97.5 cm³/mol. The van der Waals surface area contributed by atoms with Crippen LogP contribution in [0.5, 0.6) is 0 Å². The van der Waals surface area contributed by atoms with Gasteiger partial charge in [-0.15, -0.1) is 0 Å². The fraction of sp³-hybridized carbons (Fsp3) is 0.143. The molecule has 0 bridgehead atoms. The van der Waals surface area contributed by atoms with Crippen molar-refractivity contribution in [2.45, 2.75) is 19.4 Å². The normalized spacial score (nSPS) is 12.3. The van der Waals surface area contributed by atoms with E-state index in [4.69, 9.17) is 0 Å². The summed E-state index contributed by atoms with van der Waals surface area (Å²) >= 11 is 0. The number of hydrogen-bond acceptors (Lipinski definition) is 2. The number of aromatic nitrogens is 1. The van der Waals surface area contributed by atoms with Crippen LogP contribution in [0.2, 0.25) is 0 Å². The summed E-state index contributed by atoms with van der Waals surface area (Å²) in [5, 5.41) is 0.806. The summed E-state index contributed by atoms with van der Waals surface area (Å²) in [7, 11) is 0. The third kappa shape index (κ3) is 3.77. The number of carbonyl (C=O) groups is 2. The van der Waals surface area contributed by atoms with E-state index in [0.717, 1.165) is 23.7 Å². The molecule has 0 saturated carbocycles. The number of allylic oxidation sites excluding steroid dienone is 1. The largest absolute Gasteiger partial charge is 0.333 e. The topological polar surface area (TPSA) is 39.1 Å². The lowest BCUT2D eigenvalue weighted by atomic mass is 10.1. The van der Waals surface area contributed by atoms with Crippen LogP contribution in [0, 0.1) is 0 Å². The average molecular weight is 353 g/mol. The van der Waals surface area contributed by atoms with Gasteiger partial charge in [0.2, 0.25) is 0 Å². The summed E-state index contributed by atoms with van der Waals surface area (Å²) in [6.07, 6.45) is 1.82. The zero-order valence-electron chi connectivity index (χ0n) is 13.9. The maximum atomic E-state index is 12.3. The van der Waals surface area contributed by atoms with Gasteiger partial charge in [0.1, 0.15) is 6.29 Å². The molecule has 2 aromatic carbocycles. The first kappa shape index (κ1) is 17.7. The molecule has 0 unspecified atom stereocenters. The molecule has 0 amide bonds. The van der Waals surface area contributed by atoms with Crippen LogP contribution in [0.4, 0.5) is 8.78 Å². The fourth-order valence-electron chi connectivity index (χ4n) is 3.05. The molecule has 0 fully saturated rings. The number of carbonyl (C=O) groups excluding carboxylic acids is 2. The summed E-state index contributed by atoms with van der Waals surface area (Å²) in [6, 6.07) is 16.8. The molecular formula is C21H17F2NO2. The minimum atomic E-state index is -2.46. The zero-order chi connectivity index (χ0) is 18.5. The molecule has 26 heavy (non-hydrogen) atoms. The van der Waals surface area contributed by atoms with E-state index < -0.39 is 13.0 Å². The van der Waals surface area contributed by atoms with Gasteiger partial charge in [0, 0.05) is 17.3 Å². The average Bonchev–Trinajstić information content (AvgIpc) is 3.23. The second-order valence-electron chi connectivity index (χ2n) is 5.96. The van der Waals surface area contributed by atoms with Crippen molar-refractivity contribution in [3.8, 4) is 0 Å². The van der Waals surface area contributed by atoms with Crippen molar-refractivity contribution < 1.29 is 18.4 Å². The number of benzene rings is 2. The predicted octanol–water partition coefficient (Wildman–Crippen LogP) is 4.54. The Bertz CT molecular complexity index is 973. The van der Waals surface area contributed by atoms with Crippen molar-refractivity contribution in [3.05, 3.63) is 77.0 Å². The van der Waals surface area contributed by atoms with Crippen LogP contribution in [0.1, 0.15) is 21.6 Å². The van der Waals surface area contributed by atoms with Crippen LogP contribution >= 0.6 is 0 Å². The minimum absolute atomic E-state index is 0.288. The Morgan fingerprint density at radius 1 is 1.00 bits per heavy atom. The first-order valence-electron chi connectivity index (χ1n) is 8.17. The number of para-hydroxylation sites is 1. The van der Waals surface area contributed by atoms with Crippen LogP contribution in [0.25, 0.3) is 17.0 Å². The lowest BCUT2D eigenvalue weighted by Crippen LogP contribution is -2.08. The Balaban J connectivity index is 0.000000158. The van der Waals surface area contributed by atoms with Gasteiger partial charge in [0.05, 0.1) is 12.2 Å². The molecule has 1 heterocycles. The SMILES string of the molecule is O=CC1=Cc2ccccc2C1.O=Cc1cc2ccccc2n1CC(F)F. The number of halogens is 2. The van der Waals surface area contributed by atoms with Gasteiger partial charge in [-0.05, 0) is 34.9 Å². The van der Waals surface area contributed by atoms with E-state index in [9.17, 15) is 18.4 Å². The quantitative estimate of drug-likeness (QED) is 0.646. The van der Waals surface area contributed by atoms with E-state index in [-0.39, 0.29) is 5.69 Å². The molecular weight excluding hydrogens is 336 g/mol. The molecule has 1 aliphatic carbocycles. The Labute approximate surface area is 149 Å². The first-order chi connectivity index (χ1) is 12.6. The monoisotopic (exact) mass is 353 g/mol. The van der Waals surface area contributed by atoms with E-state index >= 15 is 0 Å². The molecule has 132 valence electrons. The number of fused-ring (bicyclic) bond motifs is 2. The van der Waals surface area contributed by atoms with Crippen molar-refractivity contribution in [3.63, 3.8) is 0 Å². The van der Waals surface area contributed by atoms with Crippen molar-refractivity contribution in [2.24, 2.45) is 0 Å². The molecule has 0 spiro atoms. The minimum Gasteiger partial charge on any atom is -0.333 e. The van der Waals surface area contributed by atoms with Crippen molar-refractivity contribution >= 4 is 29.6 Å². The molecule has 0 N–H and O–H groups in total. The van der Waals surface area contributed by atoms with Gasteiger partial charge in [0.25, 0.3) is 6.43 Å². The molecule has 5 heteroatoms. The molecule has 0 aliphatic heterocycles. The number of hydrogen-bond donors (Lipinski definition) is 0. The summed E-state index contributed by atoms with van der Waals surface area (Å²) in [6.45, 7) is -0.443. The van der Waals surface area contributed by atoms with Crippen LogP contribution in [-0.2, 0) is 17.8 Å². The van der Waals surface area contributed by atoms with Crippen LogP contribution in [0.15, 0.2) is 60.2 Å². The maximum absolute atomic E-state index is 12.3. The van der Waals surface area contributed by atoms with E-state index in [1.54, 1.807) is 24.3 Å². The third-order valence-corrected chi connectivity index (χ3v) is 4.23. The number of nitrogens with zero attached hydrogens (tertiary/aromatic N) is 1. The lowest BCUT2D eigenvalue weighted by Gasteiger charge is -2.05. The van der Waals surface area contributed by atoms with Crippen molar-refractivity contribution in [1.82, 2.24) is 4.57 Å². The van der Waals surface area contributed by atoms with E-state index in [1.807, 2.05) is 30.3 Å². The van der Waals surface area contributed by atoms with Gasteiger partial charge in [-0.25, -0.2) is 8.78 Å². The summed E-state index contributed by atoms with van der Waals surface area (Å²) < 4.78 is 26.0. The number of aldehydes is 2. The van der Waals surface area contributed by atoms with Gasteiger partial charge in [-0.1, -0.05) is 42.5 Å². The Kier molecular flexibility index (Phi) is 5.37. The summed E-state index contributed by atoms with van der Waals surface area (Å²) in [5.74, 6) is 0.